The monoisotopic (exact) mass is 222 g/mol. The van der Waals surface area contributed by atoms with Crippen LogP contribution < -0.4 is 5.73 Å². The maximum absolute atomic E-state index is 13.5. The van der Waals surface area contributed by atoms with Crippen molar-refractivity contribution in [3.8, 4) is 5.75 Å². The molecule has 4 N–H and O–H groups in total. The number of hydrogen-bond donors (Lipinski definition) is 3. The molecule has 0 amide bonds. The van der Waals surface area contributed by atoms with Gasteiger partial charge in [0.2, 0.25) is 0 Å². The molecule has 0 radical (unpaired) electrons. The molecular formula is C12H15FN2O. The van der Waals surface area contributed by atoms with Crippen molar-refractivity contribution < 1.29 is 9.50 Å². The van der Waals surface area contributed by atoms with Gasteiger partial charge >= 0.3 is 0 Å². The van der Waals surface area contributed by atoms with Crippen LogP contribution in [0.25, 0.3) is 10.9 Å². The second kappa shape index (κ2) is 3.79. The molecule has 0 saturated heterocycles. The molecule has 0 saturated carbocycles. The number of nitrogens with one attached hydrogen (secondary N) is 1. The quantitative estimate of drug-likeness (QED) is 0.729. The van der Waals surface area contributed by atoms with Gasteiger partial charge in [-0.3, -0.25) is 0 Å². The van der Waals surface area contributed by atoms with E-state index in [1.807, 2.05) is 6.92 Å². The number of benzene rings is 1. The van der Waals surface area contributed by atoms with E-state index in [9.17, 15) is 9.50 Å². The molecule has 0 bridgehead atoms. The van der Waals surface area contributed by atoms with Crippen LogP contribution in [-0.2, 0) is 6.42 Å². The van der Waals surface area contributed by atoms with Gasteiger partial charge in [0.1, 0.15) is 11.6 Å². The van der Waals surface area contributed by atoms with Crippen LogP contribution >= 0.6 is 0 Å². The van der Waals surface area contributed by atoms with Gasteiger partial charge in [0, 0.05) is 17.1 Å². The van der Waals surface area contributed by atoms with Crippen molar-refractivity contribution in [3.63, 3.8) is 0 Å². The minimum absolute atomic E-state index is 0.0514. The van der Waals surface area contributed by atoms with Crippen LogP contribution in [0.2, 0.25) is 0 Å². The first-order valence-corrected chi connectivity index (χ1v) is 5.25. The fourth-order valence-electron chi connectivity index (χ4n) is 2.15. The second-order valence-corrected chi connectivity index (χ2v) is 4.02. The Morgan fingerprint density at radius 3 is 2.75 bits per heavy atom. The van der Waals surface area contributed by atoms with E-state index in [1.54, 1.807) is 6.92 Å². The average molecular weight is 222 g/mol. The summed E-state index contributed by atoms with van der Waals surface area (Å²) in [5, 5.41) is 10.4. The zero-order valence-corrected chi connectivity index (χ0v) is 9.39. The van der Waals surface area contributed by atoms with Gasteiger partial charge in [0.15, 0.2) is 0 Å². The Kier molecular flexibility index (Phi) is 2.59. The lowest BCUT2D eigenvalue weighted by molar-refractivity contribution is 0.474. The minimum atomic E-state index is -0.387. The lowest BCUT2D eigenvalue weighted by Crippen LogP contribution is -2.03. The van der Waals surface area contributed by atoms with Crippen molar-refractivity contribution in [2.24, 2.45) is 5.73 Å². The number of H-pyrrole nitrogens is 1. The van der Waals surface area contributed by atoms with E-state index in [0.717, 1.165) is 22.7 Å². The van der Waals surface area contributed by atoms with E-state index >= 15 is 0 Å². The lowest BCUT2D eigenvalue weighted by Gasteiger charge is -2.04. The molecule has 0 aliphatic carbocycles. The van der Waals surface area contributed by atoms with Gasteiger partial charge in [0.05, 0.1) is 5.52 Å². The summed E-state index contributed by atoms with van der Waals surface area (Å²) >= 11 is 0. The molecular weight excluding hydrogens is 207 g/mol. The number of rotatable bonds is 2. The molecule has 86 valence electrons. The Morgan fingerprint density at radius 2 is 2.12 bits per heavy atom. The Labute approximate surface area is 93.1 Å². The summed E-state index contributed by atoms with van der Waals surface area (Å²) in [5.74, 6) is -0.438. The first-order valence-electron chi connectivity index (χ1n) is 5.25. The van der Waals surface area contributed by atoms with Crippen molar-refractivity contribution in [2.45, 2.75) is 20.3 Å². The van der Waals surface area contributed by atoms with E-state index in [4.69, 9.17) is 5.73 Å². The first kappa shape index (κ1) is 11.0. The maximum Gasteiger partial charge on any atom is 0.142 e. The number of nitrogens with two attached hydrogens (primary N) is 1. The molecule has 1 heterocycles. The standard InChI is InChI=1S/C12H15FN2O/c1-6-9(13)5-10(16)12-11(6)8(3-4-14)7(2)15-12/h5,15-16H,3-4,14H2,1-2H3. The molecule has 0 aliphatic rings. The predicted octanol–water partition coefficient (Wildman–Crippen LogP) is 2.13. The molecule has 0 unspecified atom stereocenters. The zero-order valence-electron chi connectivity index (χ0n) is 9.39. The summed E-state index contributed by atoms with van der Waals surface area (Å²) in [6.45, 7) is 4.12. The third-order valence-electron chi connectivity index (χ3n) is 2.96. The van der Waals surface area contributed by atoms with Gasteiger partial charge in [-0.2, -0.15) is 0 Å². The average Bonchev–Trinajstić information content (AvgIpc) is 2.55. The summed E-state index contributed by atoms with van der Waals surface area (Å²) in [6.07, 6.45) is 0.676. The van der Waals surface area contributed by atoms with E-state index in [1.165, 1.54) is 0 Å². The molecule has 1 aromatic heterocycles. The molecule has 2 aromatic rings. The predicted molar refractivity (Wildman–Crippen MR) is 62.2 cm³/mol. The van der Waals surface area contributed by atoms with Crippen LogP contribution in [0, 0.1) is 19.7 Å². The van der Waals surface area contributed by atoms with Crippen LogP contribution in [0.1, 0.15) is 16.8 Å². The fourth-order valence-corrected chi connectivity index (χ4v) is 2.15. The Morgan fingerprint density at radius 1 is 1.44 bits per heavy atom. The highest BCUT2D eigenvalue weighted by atomic mass is 19.1. The Hall–Kier alpha value is -1.55. The zero-order chi connectivity index (χ0) is 11.9. The number of aromatic nitrogens is 1. The van der Waals surface area contributed by atoms with Crippen molar-refractivity contribution in [3.05, 3.63) is 28.7 Å². The number of hydrogen-bond acceptors (Lipinski definition) is 2. The van der Waals surface area contributed by atoms with Crippen LogP contribution in [0.5, 0.6) is 5.75 Å². The molecule has 2 rings (SSSR count). The van der Waals surface area contributed by atoms with Gasteiger partial charge in [-0.25, -0.2) is 4.39 Å². The Bertz CT molecular complexity index is 546. The molecule has 4 heteroatoms. The van der Waals surface area contributed by atoms with Crippen LogP contribution in [0.15, 0.2) is 6.07 Å². The number of aromatic amines is 1. The molecule has 3 nitrogen and oxygen atoms in total. The Balaban J connectivity index is 2.85. The summed E-state index contributed by atoms with van der Waals surface area (Å²) in [6, 6.07) is 1.14. The van der Waals surface area contributed by atoms with Crippen molar-refractivity contribution in [2.75, 3.05) is 6.54 Å². The molecule has 0 fully saturated rings. The van der Waals surface area contributed by atoms with E-state index < -0.39 is 0 Å². The largest absolute Gasteiger partial charge is 0.506 e. The minimum Gasteiger partial charge on any atom is -0.506 e. The number of phenols is 1. The van der Waals surface area contributed by atoms with Gasteiger partial charge in [-0.15, -0.1) is 0 Å². The normalized spacial score (nSPS) is 11.2. The van der Waals surface area contributed by atoms with Crippen LogP contribution in [-0.4, -0.2) is 16.6 Å². The van der Waals surface area contributed by atoms with E-state index in [-0.39, 0.29) is 11.6 Å². The summed E-state index contributed by atoms with van der Waals surface area (Å²) < 4.78 is 13.5. The molecule has 16 heavy (non-hydrogen) atoms. The van der Waals surface area contributed by atoms with Gasteiger partial charge in [0.25, 0.3) is 0 Å². The van der Waals surface area contributed by atoms with Crippen molar-refractivity contribution in [1.82, 2.24) is 4.98 Å². The number of halogens is 1. The van der Waals surface area contributed by atoms with E-state index in [2.05, 4.69) is 4.98 Å². The number of aryl methyl sites for hydroxylation is 2. The van der Waals surface area contributed by atoms with Gasteiger partial charge in [-0.05, 0) is 37.9 Å². The van der Waals surface area contributed by atoms with Crippen LogP contribution in [0.4, 0.5) is 4.39 Å². The highest BCUT2D eigenvalue weighted by molar-refractivity contribution is 5.92. The van der Waals surface area contributed by atoms with E-state index in [0.29, 0.717) is 24.0 Å². The van der Waals surface area contributed by atoms with Crippen LogP contribution in [0.3, 0.4) is 0 Å². The SMILES string of the molecule is Cc1[nH]c2c(O)cc(F)c(C)c2c1CCN. The lowest BCUT2D eigenvalue weighted by atomic mass is 10.0. The number of phenolic OH excluding ortho intramolecular Hbond substituents is 1. The third-order valence-corrected chi connectivity index (χ3v) is 2.96. The first-order chi connectivity index (χ1) is 7.56. The maximum atomic E-state index is 13.5. The third kappa shape index (κ3) is 1.46. The number of aromatic hydroxyl groups is 1. The summed E-state index contributed by atoms with van der Waals surface area (Å²) in [4.78, 5) is 3.08. The highest BCUT2D eigenvalue weighted by Gasteiger charge is 2.16. The number of fused-ring (bicyclic) bond motifs is 1. The van der Waals surface area contributed by atoms with Crippen molar-refractivity contribution in [1.29, 1.82) is 0 Å². The van der Waals surface area contributed by atoms with Gasteiger partial charge < -0.3 is 15.8 Å². The summed E-state index contributed by atoms with van der Waals surface area (Å²) in [5.41, 5.74) is 8.61. The molecule has 0 aliphatic heterocycles. The van der Waals surface area contributed by atoms with Crippen molar-refractivity contribution >= 4 is 10.9 Å². The molecule has 0 atom stereocenters. The fraction of sp³-hybridized carbons (Fsp3) is 0.333. The highest BCUT2D eigenvalue weighted by Crippen LogP contribution is 2.33. The summed E-state index contributed by atoms with van der Waals surface area (Å²) in [7, 11) is 0. The topological polar surface area (TPSA) is 62.0 Å². The molecule has 1 aromatic carbocycles. The smallest absolute Gasteiger partial charge is 0.142 e. The molecule has 0 spiro atoms. The van der Waals surface area contributed by atoms with Gasteiger partial charge in [-0.1, -0.05) is 0 Å². The second-order valence-electron chi connectivity index (χ2n) is 4.02.